The van der Waals surface area contributed by atoms with Crippen molar-refractivity contribution < 1.29 is 4.39 Å². The van der Waals surface area contributed by atoms with Crippen molar-refractivity contribution in [2.45, 2.75) is 13.3 Å². The van der Waals surface area contributed by atoms with Crippen molar-refractivity contribution in [3.63, 3.8) is 0 Å². The average molecular weight is 276 g/mol. The fourth-order valence-corrected chi connectivity index (χ4v) is 2.58. The van der Waals surface area contributed by atoms with E-state index < -0.39 is 0 Å². The minimum atomic E-state index is -0.180. The van der Waals surface area contributed by atoms with Crippen LogP contribution in [0.1, 0.15) is 12.5 Å². The van der Waals surface area contributed by atoms with Crippen molar-refractivity contribution in [2.24, 2.45) is 0 Å². The van der Waals surface area contributed by atoms with E-state index in [1.807, 2.05) is 48.5 Å². The molecular formula is C20H17F. The molecule has 0 nitrogen and oxygen atoms in total. The molecule has 3 aromatic carbocycles. The SMILES string of the molecule is CCc1ccc(-c2c(F)cccc2-c2ccccc2)cc1. The van der Waals surface area contributed by atoms with E-state index in [-0.39, 0.29) is 5.82 Å². The zero-order chi connectivity index (χ0) is 14.7. The molecule has 0 unspecified atom stereocenters. The van der Waals surface area contributed by atoms with Gasteiger partial charge in [0.2, 0.25) is 0 Å². The van der Waals surface area contributed by atoms with Gasteiger partial charge in [-0.1, -0.05) is 73.7 Å². The van der Waals surface area contributed by atoms with Gasteiger partial charge in [-0.25, -0.2) is 4.39 Å². The van der Waals surface area contributed by atoms with E-state index in [1.54, 1.807) is 6.07 Å². The highest BCUT2D eigenvalue weighted by Crippen LogP contribution is 2.34. The summed E-state index contributed by atoms with van der Waals surface area (Å²) in [5, 5.41) is 0. The lowest BCUT2D eigenvalue weighted by molar-refractivity contribution is 0.632. The molecule has 0 atom stereocenters. The van der Waals surface area contributed by atoms with Gasteiger partial charge in [-0.2, -0.15) is 0 Å². The third kappa shape index (κ3) is 2.73. The molecular weight excluding hydrogens is 259 g/mol. The zero-order valence-corrected chi connectivity index (χ0v) is 12.0. The highest BCUT2D eigenvalue weighted by Gasteiger charge is 2.12. The van der Waals surface area contributed by atoms with Gasteiger partial charge in [0, 0.05) is 5.56 Å². The van der Waals surface area contributed by atoms with Crippen molar-refractivity contribution in [1.82, 2.24) is 0 Å². The molecule has 0 amide bonds. The van der Waals surface area contributed by atoms with Crippen LogP contribution >= 0.6 is 0 Å². The quantitative estimate of drug-likeness (QED) is 0.573. The number of benzene rings is 3. The van der Waals surface area contributed by atoms with Crippen molar-refractivity contribution in [1.29, 1.82) is 0 Å². The predicted molar refractivity (Wildman–Crippen MR) is 86.7 cm³/mol. The van der Waals surface area contributed by atoms with Gasteiger partial charge in [-0.3, -0.25) is 0 Å². The second-order valence-corrected chi connectivity index (χ2v) is 5.08. The average Bonchev–Trinajstić information content (AvgIpc) is 2.55. The third-order valence-corrected chi connectivity index (χ3v) is 3.75. The maximum absolute atomic E-state index is 14.4. The van der Waals surface area contributed by atoms with Gasteiger partial charge in [-0.05, 0) is 34.7 Å². The topological polar surface area (TPSA) is 0 Å². The Morgan fingerprint density at radius 3 is 2.10 bits per heavy atom. The summed E-state index contributed by atoms with van der Waals surface area (Å²) in [4.78, 5) is 0. The van der Waals surface area contributed by atoms with Gasteiger partial charge < -0.3 is 0 Å². The van der Waals surface area contributed by atoms with Crippen LogP contribution in [0.3, 0.4) is 0 Å². The summed E-state index contributed by atoms with van der Waals surface area (Å²) >= 11 is 0. The molecule has 3 aromatic rings. The van der Waals surface area contributed by atoms with Crippen LogP contribution in [0.4, 0.5) is 4.39 Å². The molecule has 0 spiro atoms. The fourth-order valence-electron chi connectivity index (χ4n) is 2.58. The summed E-state index contributed by atoms with van der Waals surface area (Å²) in [5.41, 5.74) is 4.82. The van der Waals surface area contributed by atoms with Crippen LogP contribution in [-0.4, -0.2) is 0 Å². The van der Waals surface area contributed by atoms with Gasteiger partial charge in [0.15, 0.2) is 0 Å². The number of rotatable bonds is 3. The fraction of sp³-hybridized carbons (Fsp3) is 0.100. The molecule has 0 radical (unpaired) electrons. The first-order chi connectivity index (χ1) is 10.3. The van der Waals surface area contributed by atoms with E-state index in [0.717, 1.165) is 23.1 Å². The first-order valence-electron chi connectivity index (χ1n) is 7.23. The molecule has 104 valence electrons. The number of aryl methyl sites for hydroxylation is 1. The number of halogens is 1. The van der Waals surface area contributed by atoms with Crippen LogP contribution in [-0.2, 0) is 6.42 Å². The minimum absolute atomic E-state index is 0.180. The van der Waals surface area contributed by atoms with Crippen LogP contribution in [0.2, 0.25) is 0 Å². The molecule has 0 N–H and O–H groups in total. The van der Waals surface area contributed by atoms with Gasteiger partial charge in [0.25, 0.3) is 0 Å². The Hall–Kier alpha value is -2.41. The summed E-state index contributed by atoms with van der Waals surface area (Å²) in [6, 6.07) is 23.4. The van der Waals surface area contributed by atoms with Crippen LogP contribution in [0.15, 0.2) is 72.8 Å². The third-order valence-electron chi connectivity index (χ3n) is 3.75. The Kier molecular flexibility index (Phi) is 3.83. The van der Waals surface area contributed by atoms with E-state index in [1.165, 1.54) is 11.6 Å². The molecule has 0 aromatic heterocycles. The van der Waals surface area contributed by atoms with Crippen LogP contribution in [0.25, 0.3) is 22.3 Å². The molecule has 0 saturated carbocycles. The van der Waals surface area contributed by atoms with Crippen LogP contribution in [0.5, 0.6) is 0 Å². The Morgan fingerprint density at radius 2 is 1.43 bits per heavy atom. The predicted octanol–water partition coefficient (Wildman–Crippen LogP) is 5.72. The molecule has 1 heteroatoms. The molecule has 21 heavy (non-hydrogen) atoms. The molecule has 0 aliphatic carbocycles. The van der Waals surface area contributed by atoms with E-state index in [4.69, 9.17) is 0 Å². The first kappa shape index (κ1) is 13.6. The lowest BCUT2D eigenvalue weighted by atomic mass is 9.93. The van der Waals surface area contributed by atoms with Gasteiger partial charge in [0.05, 0.1) is 0 Å². The van der Waals surface area contributed by atoms with Gasteiger partial charge in [-0.15, -0.1) is 0 Å². The maximum atomic E-state index is 14.4. The van der Waals surface area contributed by atoms with Crippen molar-refractivity contribution in [3.05, 3.63) is 84.2 Å². The molecule has 0 fully saturated rings. The van der Waals surface area contributed by atoms with Crippen molar-refractivity contribution in [2.75, 3.05) is 0 Å². The largest absolute Gasteiger partial charge is 0.206 e. The Balaban J connectivity index is 2.17. The Labute approximate surface area is 124 Å². The second kappa shape index (κ2) is 5.92. The van der Waals surface area contributed by atoms with E-state index in [2.05, 4.69) is 19.1 Å². The normalized spacial score (nSPS) is 10.6. The van der Waals surface area contributed by atoms with Gasteiger partial charge >= 0.3 is 0 Å². The van der Waals surface area contributed by atoms with Crippen LogP contribution < -0.4 is 0 Å². The highest BCUT2D eigenvalue weighted by atomic mass is 19.1. The smallest absolute Gasteiger partial charge is 0.131 e. The van der Waals surface area contributed by atoms with E-state index in [9.17, 15) is 4.39 Å². The highest BCUT2D eigenvalue weighted by molar-refractivity contribution is 5.83. The molecule has 3 rings (SSSR count). The van der Waals surface area contributed by atoms with Gasteiger partial charge in [0.1, 0.15) is 5.82 Å². The van der Waals surface area contributed by atoms with E-state index in [0.29, 0.717) is 5.56 Å². The zero-order valence-electron chi connectivity index (χ0n) is 12.0. The van der Waals surface area contributed by atoms with E-state index >= 15 is 0 Å². The Morgan fingerprint density at radius 1 is 0.714 bits per heavy atom. The lowest BCUT2D eigenvalue weighted by Crippen LogP contribution is -1.90. The molecule has 0 saturated heterocycles. The number of hydrogen-bond donors (Lipinski definition) is 0. The minimum Gasteiger partial charge on any atom is -0.206 e. The molecule has 0 aliphatic rings. The molecule has 0 aliphatic heterocycles. The summed E-state index contributed by atoms with van der Waals surface area (Å²) in [6.45, 7) is 2.12. The summed E-state index contributed by atoms with van der Waals surface area (Å²) in [6.07, 6.45) is 0.989. The van der Waals surface area contributed by atoms with Crippen molar-refractivity contribution in [3.8, 4) is 22.3 Å². The summed E-state index contributed by atoms with van der Waals surface area (Å²) < 4.78 is 14.4. The summed E-state index contributed by atoms with van der Waals surface area (Å²) in [7, 11) is 0. The summed E-state index contributed by atoms with van der Waals surface area (Å²) in [5.74, 6) is -0.180. The lowest BCUT2D eigenvalue weighted by Gasteiger charge is -2.12. The maximum Gasteiger partial charge on any atom is 0.131 e. The Bertz CT molecular complexity index is 728. The second-order valence-electron chi connectivity index (χ2n) is 5.08. The number of hydrogen-bond acceptors (Lipinski definition) is 0. The molecule has 0 heterocycles. The van der Waals surface area contributed by atoms with Crippen LogP contribution in [0, 0.1) is 5.82 Å². The first-order valence-corrected chi connectivity index (χ1v) is 7.23. The molecule has 0 bridgehead atoms. The standard InChI is InChI=1S/C20H17F/c1-2-15-11-13-17(14-12-15)20-18(9-6-10-19(20)21)16-7-4-3-5-8-16/h3-14H,2H2,1H3. The monoisotopic (exact) mass is 276 g/mol. The van der Waals surface area contributed by atoms with Crippen molar-refractivity contribution >= 4 is 0 Å².